The number of nitrogens with zero attached hydrogens (tertiary/aromatic N) is 1. The Balaban J connectivity index is 4.74. The smallest absolute Gasteiger partial charge is 0.0429 e. The highest BCUT2D eigenvalue weighted by Gasteiger charge is 1.94. The Bertz CT molecular complexity index is 215. The summed E-state index contributed by atoms with van der Waals surface area (Å²) >= 11 is 0. The molecular formula is C11H19N. The van der Waals surface area contributed by atoms with Crippen LogP contribution in [0.2, 0.25) is 0 Å². The van der Waals surface area contributed by atoms with Crippen molar-refractivity contribution in [2.24, 2.45) is 4.99 Å². The molecule has 0 aromatic carbocycles. The number of hydrogen-bond acceptors (Lipinski definition) is 1. The summed E-state index contributed by atoms with van der Waals surface area (Å²) in [7, 11) is 0. The van der Waals surface area contributed by atoms with E-state index in [-0.39, 0.29) is 0 Å². The molecule has 68 valence electrons. The summed E-state index contributed by atoms with van der Waals surface area (Å²) in [6.07, 6.45) is 5.15. The van der Waals surface area contributed by atoms with Gasteiger partial charge < -0.3 is 0 Å². The van der Waals surface area contributed by atoms with Crippen molar-refractivity contribution in [2.45, 2.75) is 41.0 Å². The lowest BCUT2D eigenvalue weighted by Gasteiger charge is -2.01. The van der Waals surface area contributed by atoms with Crippen LogP contribution in [-0.2, 0) is 0 Å². The maximum absolute atomic E-state index is 4.46. The van der Waals surface area contributed by atoms with Crippen LogP contribution in [0.4, 0.5) is 0 Å². The predicted octanol–water partition coefficient (Wildman–Crippen LogP) is 3.73. The second-order valence-corrected chi connectivity index (χ2v) is 3.04. The molecule has 0 fully saturated rings. The molecule has 0 spiro atoms. The van der Waals surface area contributed by atoms with E-state index in [0.29, 0.717) is 0 Å². The molecule has 0 heterocycles. The van der Waals surface area contributed by atoms with Crippen molar-refractivity contribution in [2.75, 3.05) is 0 Å². The van der Waals surface area contributed by atoms with Crippen molar-refractivity contribution >= 4 is 5.71 Å². The van der Waals surface area contributed by atoms with E-state index >= 15 is 0 Å². The Hall–Kier alpha value is -0.850. The number of rotatable bonds is 3. The first-order valence-corrected chi connectivity index (χ1v) is 4.46. The van der Waals surface area contributed by atoms with Gasteiger partial charge in [0.25, 0.3) is 0 Å². The van der Waals surface area contributed by atoms with E-state index in [0.717, 1.165) is 12.1 Å². The van der Waals surface area contributed by atoms with E-state index < -0.39 is 0 Å². The topological polar surface area (TPSA) is 12.4 Å². The van der Waals surface area contributed by atoms with Gasteiger partial charge in [-0.1, -0.05) is 19.1 Å². The van der Waals surface area contributed by atoms with E-state index in [1.165, 1.54) is 11.3 Å². The third kappa shape index (κ3) is 4.12. The summed E-state index contributed by atoms with van der Waals surface area (Å²) in [5.74, 6) is 0. The van der Waals surface area contributed by atoms with Crippen LogP contribution < -0.4 is 0 Å². The molecule has 0 saturated heterocycles. The molecule has 0 aliphatic rings. The molecule has 12 heavy (non-hydrogen) atoms. The number of hydrogen-bond donors (Lipinski definition) is 0. The van der Waals surface area contributed by atoms with Gasteiger partial charge in [0.2, 0.25) is 0 Å². The molecule has 0 unspecified atom stereocenters. The van der Waals surface area contributed by atoms with Crippen molar-refractivity contribution in [1.82, 2.24) is 0 Å². The molecule has 0 saturated carbocycles. The summed E-state index contributed by atoms with van der Waals surface area (Å²) in [5.41, 5.74) is 3.57. The lowest BCUT2D eigenvalue weighted by atomic mass is 10.2. The van der Waals surface area contributed by atoms with Crippen LogP contribution in [0.3, 0.4) is 0 Å². The summed E-state index contributed by atoms with van der Waals surface area (Å²) in [6.45, 7) is 10.3. The first-order chi connectivity index (χ1) is 5.61. The zero-order valence-corrected chi connectivity index (χ0v) is 8.81. The Morgan fingerprint density at radius 1 is 1.25 bits per heavy atom. The molecular weight excluding hydrogens is 146 g/mol. The molecule has 0 amide bonds. The Morgan fingerprint density at radius 3 is 2.17 bits per heavy atom. The van der Waals surface area contributed by atoms with Crippen molar-refractivity contribution in [3.63, 3.8) is 0 Å². The molecule has 0 bridgehead atoms. The van der Waals surface area contributed by atoms with Crippen LogP contribution in [0, 0.1) is 0 Å². The zero-order chi connectivity index (χ0) is 9.56. The molecule has 0 aliphatic heterocycles. The Labute approximate surface area is 75.9 Å². The number of aliphatic imine (C=N–C) groups is 1. The third-order valence-electron chi connectivity index (χ3n) is 1.57. The van der Waals surface area contributed by atoms with Gasteiger partial charge in [-0.05, 0) is 39.7 Å². The van der Waals surface area contributed by atoms with E-state index in [4.69, 9.17) is 0 Å². The van der Waals surface area contributed by atoms with Gasteiger partial charge in [-0.2, -0.15) is 0 Å². The largest absolute Gasteiger partial charge is 0.263 e. The van der Waals surface area contributed by atoms with E-state index in [1.54, 1.807) is 0 Å². The summed E-state index contributed by atoms with van der Waals surface area (Å²) < 4.78 is 0. The first kappa shape index (κ1) is 11.2. The zero-order valence-electron chi connectivity index (χ0n) is 8.81. The minimum atomic E-state index is 1.00. The number of allylic oxidation sites excluding steroid dienone is 4. The lowest BCUT2D eigenvalue weighted by Crippen LogP contribution is -1.87. The van der Waals surface area contributed by atoms with Crippen molar-refractivity contribution in [3.05, 3.63) is 23.4 Å². The van der Waals surface area contributed by atoms with Gasteiger partial charge >= 0.3 is 0 Å². The van der Waals surface area contributed by atoms with Crippen LogP contribution in [0.25, 0.3) is 0 Å². The minimum absolute atomic E-state index is 1.00. The third-order valence-corrected chi connectivity index (χ3v) is 1.57. The van der Waals surface area contributed by atoms with Crippen molar-refractivity contribution in [3.8, 4) is 0 Å². The molecule has 1 heteroatoms. The maximum atomic E-state index is 4.46. The van der Waals surface area contributed by atoms with Gasteiger partial charge in [-0.15, -0.1) is 0 Å². The molecule has 1 nitrogen and oxygen atoms in total. The molecule has 0 atom stereocenters. The van der Waals surface area contributed by atoms with Gasteiger partial charge in [0, 0.05) is 11.4 Å². The lowest BCUT2D eigenvalue weighted by molar-refractivity contribution is 1.04. The fourth-order valence-electron chi connectivity index (χ4n) is 1.06. The predicted molar refractivity (Wildman–Crippen MR) is 56.6 cm³/mol. The standard InChI is InChI=1S/C11H19N/c1-6-8-10(5)11(7-2)12-9(3)4/h6,8H,7H2,1-5H3/b8-6-,11-10-. The highest BCUT2D eigenvalue weighted by atomic mass is 14.7. The van der Waals surface area contributed by atoms with Gasteiger partial charge in [0.1, 0.15) is 0 Å². The fraction of sp³-hybridized carbons (Fsp3) is 0.545. The van der Waals surface area contributed by atoms with Crippen LogP contribution in [-0.4, -0.2) is 5.71 Å². The SMILES string of the molecule is C/C=C\C(C)=C(\CC)N=C(C)C. The van der Waals surface area contributed by atoms with Crippen LogP contribution >= 0.6 is 0 Å². The molecule has 0 aromatic heterocycles. The van der Waals surface area contributed by atoms with Crippen molar-refractivity contribution in [1.29, 1.82) is 0 Å². The van der Waals surface area contributed by atoms with E-state index in [2.05, 4.69) is 24.9 Å². The summed E-state index contributed by atoms with van der Waals surface area (Å²) in [4.78, 5) is 4.46. The van der Waals surface area contributed by atoms with Gasteiger partial charge in [-0.3, -0.25) is 4.99 Å². The molecule has 0 aromatic rings. The molecule has 0 aliphatic carbocycles. The van der Waals surface area contributed by atoms with E-state index in [1.807, 2.05) is 26.8 Å². The van der Waals surface area contributed by atoms with Gasteiger partial charge in [-0.25, -0.2) is 0 Å². The maximum Gasteiger partial charge on any atom is 0.0429 e. The summed E-state index contributed by atoms with van der Waals surface area (Å²) in [5, 5.41) is 0. The fourth-order valence-corrected chi connectivity index (χ4v) is 1.06. The highest BCUT2D eigenvalue weighted by Crippen LogP contribution is 2.11. The molecule has 0 radical (unpaired) electrons. The Morgan fingerprint density at radius 2 is 1.83 bits per heavy atom. The normalized spacial score (nSPS) is 13.1. The average Bonchev–Trinajstić information content (AvgIpc) is 2.00. The quantitative estimate of drug-likeness (QED) is 0.446. The molecule has 0 rings (SSSR count). The molecule has 0 N–H and O–H groups in total. The monoisotopic (exact) mass is 165 g/mol. The van der Waals surface area contributed by atoms with E-state index in [9.17, 15) is 0 Å². The van der Waals surface area contributed by atoms with Crippen LogP contribution in [0.5, 0.6) is 0 Å². The average molecular weight is 165 g/mol. The summed E-state index contributed by atoms with van der Waals surface area (Å²) in [6, 6.07) is 0. The van der Waals surface area contributed by atoms with Crippen LogP contribution in [0.15, 0.2) is 28.4 Å². The second kappa shape index (κ2) is 5.76. The second-order valence-electron chi connectivity index (χ2n) is 3.04. The first-order valence-electron chi connectivity index (χ1n) is 4.46. The van der Waals surface area contributed by atoms with Gasteiger partial charge in [0.15, 0.2) is 0 Å². The highest BCUT2D eigenvalue weighted by molar-refractivity contribution is 5.80. The van der Waals surface area contributed by atoms with Crippen molar-refractivity contribution < 1.29 is 0 Å². The van der Waals surface area contributed by atoms with Crippen LogP contribution in [0.1, 0.15) is 41.0 Å². The Kier molecular flexibility index (Phi) is 5.35. The minimum Gasteiger partial charge on any atom is -0.263 e. The van der Waals surface area contributed by atoms with Gasteiger partial charge in [0.05, 0.1) is 0 Å².